The highest BCUT2D eigenvalue weighted by Gasteiger charge is 1.69. The summed E-state index contributed by atoms with van der Waals surface area (Å²) >= 11 is 1.94. The number of hydrogen-bond donors (Lipinski definition) is 5. The van der Waals surface area contributed by atoms with Crippen molar-refractivity contribution < 1.29 is 0 Å². The Balaban J connectivity index is 2.45. The van der Waals surface area contributed by atoms with E-state index in [0.29, 0.717) is 0 Å². The van der Waals surface area contributed by atoms with Crippen molar-refractivity contribution in [3.05, 3.63) is 0 Å². The molecule has 0 heterocycles. The van der Waals surface area contributed by atoms with E-state index in [2.05, 4.69) is 25.7 Å². The molecule has 0 rings (SSSR count). The van der Waals surface area contributed by atoms with Gasteiger partial charge in [0.05, 0.1) is 0 Å². The van der Waals surface area contributed by atoms with E-state index < -0.39 is 0 Å². The van der Waals surface area contributed by atoms with Gasteiger partial charge in [0.1, 0.15) is 0 Å². The van der Waals surface area contributed by atoms with Crippen LogP contribution in [0, 0.1) is 0 Å². The summed E-state index contributed by atoms with van der Waals surface area (Å²) in [6, 6.07) is 0. The Bertz CT molecular complexity index is 27.3. The Morgan fingerprint density at radius 2 is 1.86 bits per heavy atom. The predicted molar refractivity (Wildman–Crippen MR) is 35.6 cm³/mol. The second kappa shape index (κ2) is 6.53. The van der Waals surface area contributed by atoms with Crippen LogP contribution >= 0.6 is 22.9 Å². The molecule has 0 fully saturated rings. The van der Waals surface area contributed by atoms with E-state index in [1.54, 1.807) is 7.05 Å². The van der Waals surface area contributed by atoms with Crippen molar-refractivity contribution in [3.8, 4) is 0 Å². The average molecular weight is 217 g/mol. The van der Waals surface area contributed by atoms with Crippen LogP contribution in [-0.4, -0.2) is 7.05 Å². The van der Waals surface area contributed by atoms with Gasteiger partial charge in [0.2, 0.25) is 0 Å². The standard InChI is InChI=1S/CH8IN5/c1-3-5-7-6-4-2/h3-7H,1H3. The first-order valence-electron chi connectivity index (χ1n) is 1.69. The average Bonchev–Trinajstić information content (AvgIpc) is 1.69. The van der Waals surface area contributed by atoms with Crippen LogP contribution in [0.15, 0.2) is 0 Å². The molecule has 6 heteroatoms. The lowest BCUT2D eigenvalue weighted by Gasteiger charge is -2.02. The van der Waals surface area contributed by atoms with Crippen molar-refractivity contribution in [1.82, 2.24) is 25.7 Å². The van der Waals surface area contributed by atoms with Crippen molar-refractivity contribution in [2.75, 3.05) is 7.05 Å². The summed E-state index contributed by atoms with van der Waals surface area (Å²) in [5.74, 6) is 0. The summed E-state index contributed by atoms with van der Waals surface area (Å²) in [5, 5.41) is 0. The zero-order valence-electron chi connectivity index (χ0n) is 3.88. The van der Waals surface area contributed by atoms with Gasteiger partial charge in [-0.1, -0.05) is 0 Å². The third-order valence-corrected chi connectivity index (χ3v) is 0.567. The number of halogens is 1. The minimum atomic E-state index is 1.75. The summed E-state index contributed by atoms with van der Waals surface area (Å²) in [6.07, 6.45) is 0. The Hall–Kier alpha value is 0.530. The van der Waals surface area contributed by atoms with E-state index in [-0.39, 0.29) is 0 Å². The molecule has 0 aliphatic carbocycles. The van der Waals surface area contributed by atoms with Crippen LogP contribution in [-0.2, 0) is 0 Å². The van der Waals surface area contributed by atoms with E-state index in [1.165, 1.54) is 0 Å². The van der Waals surface area contributed by atoms with Gasteiger partial charge in [0.15, 0.2) is 0 Å². The molecule has 0 atom stereocenters. The van der Waals surface area contributed by atoms with Crippen LogP contribution in [0.4, 0.5) is 0 Å². The van der Waals surface area contributed by atoms with E-state index in [1.807, 2.05) is 22.9 Å². The van der Waals surface area contributed by atoms with Crippen LogP contribution in [0.5, 0.6) is 0 Å². The van der Waals surface area contributed by atoms with Gasteiger partial charge >= 0.3 is 0 Å². The van der Waals surface area contributed by atoms with Crippen molar-refractivity contribution in [2.24, 2.45) is 0 Å². The fourth-order valence-corrected chi connectivity index (χ4v) is 0.252. The third-order valence-electron chi connectivity index (χ3n) is 0.297. The highest BCUT2D eigenvalue weighted by molar-refractivity contribution is 14.1. The van der Waals surface area contributed by atoms with E-state index in [9.17, 15) is 0 Å². The zero-order valence-corrected chi connectivity index (χ0v) is 6.04. The lowest BCUT2D eigenvalue weighted by atomic mass is 11.5. The Kier molecular flexibility index (Phi) is 7.02. The van der Waals surface area contributed by atoms with Crippen molar-refractivity contribution in [2.45, 2.75) is 0 Å². The van der Waals surface area contributed by atoms with Gasteiger partial charge in [-0.3, -0.25) is 0 Å². The molecule has 7 heavy (non-hydrogen) atoms. The number of hydrogen-bond acceptors (Lipinski definition) is 5. The topological polar surface area (TPSA) is 60.1 Å². The molecule has 0 saturated carbocycles. The summed E-state index contributed by atoms with van der Waals surface area (Å²) < 4.78 is 2.61. The summed E-state index contributed by atoms with van der Waals surface area (Å²) in [4.78, 5) is 0. The Morgan fingerprint density at radius 1 is 1.14 bits per heavy atom. The van der Waals surface area contributed by atoms with Crippen LogP contribution in [0.1, 0.15) is 0 Å². The van der Waals surface area contributed by atoms with E-state index >= 15 is 0 Å². The van der Waals surface area contributed by atoms with Gasteiger partial charge < -0.3 is 0 Å². The molecule has 44 valence electrons. The number of hydrazine groups is 4. The van der Waals surface area contributed by atoms with Gasteiger partial charge in [-0.25, -0.2) is 5.43 Å². The monoisotopic (exact) mass is 217 g/mol. The second-order valence-electron chi connectivity index (χ2n) is 0.719. The maximum atomic E-state index is 2.64. The van der Waals surface area contributed by atoms with Gasteiger partial charge in [-0.05, 0) is 7.05 Å². The zero-order chi connectivity index (χ0) is 5.54. The minimum absolute atomic E-state index is 1.75. The van der Waals surface area contributed by atoms with Crippen LogP contribution in [0.3, 0.4) is 0 Å². The van der Waals surface area contributed by atoms with Crippen molar-refractivity contribution >= 4 is 22.9 Å². The molecular formula is CH8IN5. The lowest BCUT2D eigenvalue weighted by Crippen LogP contribution is -2.51. The Labute approximate surface area is 56.0 Å². The second-order valence-corrected chi connectivity index (χ2v) is 1.26. The molecule has 0 amide bonds. The summed E-state index contributed by atoms with van der Waals surface area (Å²) in [7, 11) is 1.75. The van der Waals surface area contributed by atoms with Crippen LogP contribution < -0.4 is 25.7 Å². The molecule has 0 aliphatic rings. The van der Waals surface area contributed by atoms with E-state index in [4.69, 9.17) is 0 Å². The third kappa shape index (κ3) is 6.53. The number of nitrogens with one attached hydrogen (secondary N) is 5. The molecule has 0 saturated heterocycles. The largest absolute Gasteiger partial charge is 0.246 e. The lowest BCUT2D eigenvalue weighted by molar-refractivity contribution is 0.389. The molecule has 0 aromatic heterocycles. The molecular weight excluding hydrogens is 209 g/mol. The number of rotatable bonds is 4. The minimum Gasteiger partial charge on any atom is -0.246 e. The quantitative estimate of drug-likeness (QED) is 0.173. The van der Waals surface area contributed by atoms with E-state index in [0.717, 1.165) is 0 Å². The summed E-state index contributed by atoms with van der Waals surface area (Å²) in [6.45, 7) is 0. The molecule has 0 aromatic carbocycles. The predicted octanol–water partition coefficient (Wildman–Crippen LogP) is -1.43. The fourth-order valence-electron chi connectivity index (χ4n) is 0.117. The molecule has 0 bridgehead atoms. The van der Waals surface area contributed by atoms with Gasteiger partial charge in [-0.2, -0.15) is 20.2 Å². The highest BCUT2D eigenvalue weighted by atomic mass is 127. The Morgan fingerprint density at radius 3 is 2.29 bits per heavy atom. The first kappa shape index (κ1) is 7.53. The van der Waals surface area contributed by atoms with Crippen molar-refractivity contribution in [1.29, 1.82) is 0 Å². The normalized spacial score (nSPS) is 9.43. The van der Waals surface area contributed by atoms with Crippen molar-refractivity contribution in [3.63, 3.8) is 0 Å². The molecule has 0 unspecified atom stereocenters. The molecule has 0 aliphatic heterocycles. The first-order valence-corrected chi connectivity index (χ1v) is 2.77. The highest BCUT2D eigenvalue weighted by Crippen LogP contribution is 1.51. The maximum Gasteiger partial charge on any atom is 0.0347 e. The van der Waals surface area contributed by atoms with Crippen LogP contribution in [0.2, 0.25) is 0 Å². The fraction of sp³-hybridized carbons (Fsp3) is 1.00. The van der Waals surface area contributed by atoms with Crippen LogP contribution in [0.25, 0.3) is 0 Å². The van der Waals surface area contributed by atoms with Gasteiger partial charge in [0.25, 0.3) is 0 Å². The smallest absolute Gasteiger partial charge is 0.0347 e. The van der Waals surface area contributed by atoms with Gasteiger partial charge in [-0.15, -0.1) is 0 Å². The molecule has 0 spiro atoms. The summed E-state index contributed by atoms with van der Waals surface area (Å²) in [5.41, 5.74) is 10.3. The van der Waals surface area contributed by atoms with Gasteiger partial charge in [0, 0.05) is 22.9 Å². The maximum absolute atomic E-state index is 2.64. The first-order chi connectivity index (χ1) is 3.41. The molecule has 5 nitrogen and oxygen atoms in total. The molecule has 5 N–H and O–H groups in total. The molecule has 0 radical (unpaired) electrons. The SMILES string of the molecule is CNNNNNI. The molecule has 0 aromatic rings.